The largest absolute Gasteiger partial charge is 0.419 e. The molecule has 172 valence electrons. The number of allylic oxidation sites excluding steroid dienone is 1. The molecule has 2 aliphatic rings. The van der Waals surface area contributed by atoms with Gasteiger partial charge in [0.25, 0.3) is 0 Å². The number of anilines is 1. The van der Waals surface area contributed by atoms with E-state index in [4.69, 9.17) is 4.98 Å². The number of rotatable bonds is 4. The Kier molecular flexibility index (Phi) is 5.65. The van der Waals surface area contributed by atoms with Gasteiger partial charge >= 0.3 is 6.18 Å². The molecular formula is C23H23F3N6S. The van der Waals surface area contributed by atoms with Crippen molar-refractivity contribution < 1.29 is 13.2 Å². The third-order valence-electron chi connectivity index (χ3n) is 6.03. The average molecular weight is 473 g/mol. The van der Waals surface area contributed by atoms with E-state index in [1.54, 1.807) is 6.08 Å². The topological polar surface area (TPSA) is 75.6 Å². The maximum atomic E-state index is 13.8. The molecule has 3 aromatic rings. The van der Waals surface area contributed by atoms with Crippen LogP contribution in [0.15, 0.2) is 24.4 Å². The summed E-state index contributed by atoms with van der Waals surface area (Å²) in [6.07, 6.45) is 0.456. The van der Waals surface area contributed by atoms with Crippen LogP contribution < -0.4 is 10.6 Å². The van der Waals surface area contributed by atoms with Gasteiger partial charge < -0.3 is 10.6 Å². The Labute approximate surface area is 193 Å². The summed E-state index contributed by atoms with van der Waals surface area (Å²) < 4.78 is 45.9. The van der Waals surface area contributed by atoms with Gasteiger partial charge in [0.05, 0.1) is 22.8 Å². The van der Waals surface area contributed by atoms with Crippen LogP contribution in [0, 0.1) is 13.8 Å². The van der Waals surface area contributed by atoms with Gasteiger partial charge in [0, 0.05) is 46.8 Å². The van der Waals surface area contributed by atoms with Crippen LogP contribution in [0.3, 0.4) is 0 Å². The van der Waals surface area contributed by atoms with E-state index < -0.39 is 11.7 Å². The SMILES string of the molecule is Cc1nsc(C)c1-c1ccc2c(n1)CC=C2c1nc(N[C@H]2CCCNC2)ncc1C(F)(F)F. The van der Waals surface area contributed by atoms with Gasteiger partial charge in [-0.25, -0.2) is 9.97 Å². The first-order valence-corrected chi connectivity index (χ1v) is 11.6. The summed E-state index contributed by atoms with van der Waals surface area (Å²) in [5, 5.41) is 6.46. The molecule has 5 rings (SSSR count). The van der Waals surface area contributed by atoms with Crippen molar-refractivity contribution in [1.29, 1.82) is 0 Å². The molecule has 2 N–H and O–H groups in total. The van der Waals surface area contributed by atoms with Crippen molar-refractivity contribution in [2.75, 3.05) is 18.4 Å². The third kappa shape index (κ3) is 4.24. The molecule has 0 radical (unpaired) electrons. The summed E-state index contributed by atoms with van der Waals surface area (Å²) in [7, 11) is 0. The van der Waals surface area contributed by atoms with Gasteiger partial charge in [-0.15, -0.1) is 0 Å². The highest BCUT2D eigenvalue weighted by molar-refractivity contribution is 7.06. The number of aromatic nitrogens is 4. The molecule has 4 heterocycles. The quantitative estimate of drug-likeness (QED) is 0.569. The number of piperidine rings is 1. The zero-order chi connectivity index (χ0) is 23.2. The van der Waals surface area contributed by atoms with Crippen molar-refractivity contribution in [2.24, 2.45) is 0 Å². The molecule has 0 bridgehead atoms. The molecule has 0 amide bonds. The lowest BCUT2D eigenvalue weighted by Gasteiger charge is -2.24. The molecular weight excluding hydrogens is 449 g/mol. The van der Waals surface area contributed by atoms with Crippen molar-refractivity contribution in [3.8, 4) is 11.3 Å². The number of fused-ring (bicyclic) bond motifs is 1. The minimum Gasteiger partial charge on any atom is -0.350 e. The van der Waals surface area contributed by atoms with E-state index in [-0.39, 0.29) is 17.7 Å². The number of hydrogen-bond donors (Lipinski definition) is 2. The van der Waals surface area contributed by atoms with E-state index in [0.717, 1.165) is 59.7 Å². The van der Waals surface area contributed by atoms with Crippen LogP contribution >= 0.6 is 11.5 Å². The first-order valence-electron chi connectivity index (χ1n) is 10.9. The minimum atomic E-state index is -4.56. The number of nitrogens with zero attached hydrogens (tertiary/aromatic N) is 4. The van der Waals surface area contributed by atoms with E-state index in [1.807, 2.05) is 26.0 Å². The highest BCUT2D eigenvalue weighted by Crippen LogP contribution is 2.40. The standard InChI is InChI=1S/C23H23F3N6S/c1-12-20(13(2)33-32-12)19-8-5-15-16(6-7-18(15)30-19)21-17(23(24,25)26)11-28-22(31-21)29-14-4-3-9-27-10-14/h5-6,8,11,14,27H,3-4,7,9-10H2,1-2H3,(H,28,29,31)/t14-/m0/s1. The third-order valence-corrected chi connectivity index (χ3v) is 6.88. The molecule has 10 heteroatoms. The van der Waals surface area contributed by atoms with Crippen LogP contribution in [-0.4, -0.2) is 38.5 Å². The molecule has 1 atom stereocenters. The molecule has 1 fully saturated rings. The Hall–Kier alpha value is -2.85. The molecule has 0 spiro atoms. The van der Waals surface area contributed by atoms with E-state index in [2.05, 4.69) is 25.0 Å². The van der Waals surface area contributed by atoms with Gasteiger partial charge in [-0.2, -0.15) is 17.5 Å². The Morgan fingerprint density at radius 3 is 2.73 bits per heavy atom. The van der Waals surface area contributed by atoms with Crippen LogP contribution in [0.5, 0.6) is 0 Å². The van der Waals surface area contributed by atoms with Crippen LogP contribution in [-0.2, 0) is 12.6 Å². The molecule has 3 aromatic heterocycles. The molecule has 6 nitrogen and oxygen atoms in total. The number of hydrogen-bond acceptors (Lipinski definition) is 7. The summed E-state index contributed by atoms with van der Waals surface area (Å²) in [4.78, 5) is 14.1. The average Bonchev–Trinajstić information content (AvgIpc) is 3.35. The second-order valence-electron chi connectivity index (χ2n) is 8.35. The summed E-state index contributed by atoms with van der Waals surface area (Å²) in [5.41, 5.74) is 3.59. The fourth-order valence-corrected chi connectivity index (χ4v) is 5.15. The van der Waals surface area contributed by atoms with Gasteiger partial charge in [0.2, 0.25) is 5.95 Å². The Balaban J connectivity index is 1.52. The zero-order valence-corrected chi connectivity index (χ0v) is 19.1. The zero-order valence-electron chi connectivity index (χ0n) is 18.3. The highest BCUT2D eigenvalue weighted by atomic mass is 32.1. The van der Waals surface area contributed by atoms with Crippen LogP contribution in [0.2, 0.25) is 0 Å². The Morgan fingerprint density at radius 1 is 1.18 bits per heavy atom. The molecule has 0 unspecified atom stereocenters. The number of nitrogens with one attached hydrogen (secondary N) is 2. The first kappa shape index (κ1) is 22.0. The number of halogens is 3. The normalized spacial score (nSPS) is 18.2. The summed E-state index contributed by atoms with van der Waals surface area (Å²) in [6, 6.07) is 3.78. The van der Waals surface area contributed by atoms with Crippen molar-refractivity contribution in [3.63, 3.8) is 0 Å². The summed E-state index contributed by atoms with van der Waals surface area (Å²) >= 11 is 1.42. The number of pyridine rings is 1. The van der Waals surface area contributed by atoms with Crippen LogP contribution in [0.1, 0.15) is 45.9 Å². The highest BCUT2D eigenvalue weighted by Gasteiger charge is 2.37. The van der Waals surface area contributed by atoms with Crippen LogP contribution in [0.4, 0.5) is 19.1 Å². The van der Waals surface area contributed by atoms with E-state index in [9.17, 15) is 13.2 Å². The summed E-state index contributed by atoms with van der Waals surface area (Å²) in [6.45, 7) is 5.60. The number of alkyl halides is 3. The van der Waals surface area contributed by atoms with Crippen molar-refractivity contribution >= 4 is 23.1 Å². The van der Waals surface area contributed by atoms with E-state index in [1.165, 1.54) is 11.5 Å². The fraction of sp³-hybridized carbons (Fsp3) is 0.391. The Morgan fingerprint density at radius 2 is 2.03 bits per heavy atom. The fourth-order valence-electron chi connectivity index (χ4n) is 4.44. The van der Waals surface area contributed by atoms with Gasteiger partial charge in [-0.3, -0.25) is 4.98 Å². The van der Waals surface area contributed by atoms with Gasteiger partial charge in [-0.05, 0) is 50.8 Å². The van der Waals surface area contributed by atoms with Gasteiger partial charge in [0.15, 0.2) is 0 Å². The van der Waals surface area contributed by atoms with Crippen molar-refractivity contribution in [3.05, 3.63) is 57.5 Å². The summed E-state index contributed by atoms with van der Waals surface area (Å²) in [5.74, 6) is 0.209. The molecule has 33 heavy (non-hydrogen) atoms. The second kappa shape index (κ2) is 8.49. The van der Waals surface area contributed by atoms with Crippen molar-refractivity contribution in [2.45, 2.75) is 45.3 Å². The molecule has 0 saturated carbocycles. The van der Waals surface area contributed by atoms with E-state index >= 15 is 0 Å². The molecule has 1 aliphatic carbocycles. The number of aryl methyl sites for hydroxylation is 2. The lowest BCUT2D eigenvalue weighted by atomic mass is 10.0. The predicted octanol–water partition coefficient (Wildman–Crippen LogP) is 4.78. The molecule has 0 aromatic carbocycles. The monoisotopic (exact) mass is 472 g/mol. The lowest BCUT2D eigenvalue weighted by molar-refractivity contribution is -0.138. The van der Waals surface area contributed by atoms with Gasteiger partial charge in [-0.1, -0.05) is 12.1 Å². The molecule has 1 aliphatic heterocycles. The first-order chi connectivity index (χ1) is 15.8. The Bertz CT molecular complexity index is 1210. The maximum absolute atomic E-state index is 13.8. The molecule has 1 saturated heterocycles. The van der Waals surface area contributed by atoms with E-state index in [0.29, 0.717) is 17.6 Å². The minimum absolute atomic E-state index is 0.0862. The predicted molar refractivity (Wildman–Crippen MR) is 122 cm³/mol. The lowest BCUT2D eigenvalue weighted by Crippen LogP contribution is -2.38. The van der Waals surface area contributed by atoms with Crippen molar-refractivity contribution in [1.82, 2.24) is 24.6 Å². The van der Waals surface area contributed by atoms with Gasteiger partial charge in [0.1, 0.15) is 5.56 Å². The second-order valence-corrected chi connectivity index (χ2v) is 9.33. The maximum Gasteiger partial charge on any atom is 0.419 e. The van der Waals surface area contributed by atoms with Crippen LogP contribution in [0.25, 0.3) is 16.8 Å². The smallest absolute Gasteiger partial charge is 0.350 e.